The first-order chi connectivity index (χ1) is 11.5. The Labute approximate surface area is 147 Å². The van der Waals surface area contributed by atoms with Gasteiger partial charge >= 0.3 is 0 Å². The molecule has 0 fully saturated rings. The predicted octanol–water partition coefficient (Wildman–Crippen LogP) is 3.84. The molecule has 0 unspecified atom stereocenters. The van der Waals surface area contributed by atoms with E-state index in [9.17, 15) is 4.79 Å². The third kappa shape index (κ3) is 5.17. The maximum Gasteiger partial charge on any atom is 0.258 e. The number of nitrogens with one attached hydrogen (secondary N) is 1. The lowest BCUT2D eigenvalue weighted by atomic mass is 10.1. The molecule has 0 spiro atoms. The normalized spacial score (nSPS) is 10.3. The third-order valence-corrected chi connectivity index (χ3v) is 3.98. The van der Waals surface area contributed by atoms with Crippen LogP contribution in [-0.2, 0) is 4.79 Å². The molecule has 2 aromatic carbocycles. The average Bonchev–Trinajstić information content (AvgIpc) is 2.57. The number of ether oxygens (including phenoxy) is 2. The fourth-order valence-electron chi connectivity index (χ4n) is 2.22. The van der Waals surface area contributed by atoms with Crippen molar-refractivity contribution in [3.05, 3.63) is 58.1 Å². The molecule has 2 aromatic rings. The van der Waals surface area contributed by atoms with Crippen molar-refractivity contribution in [2.45, 2.75) is 20.8 Å². The lowest BCUT2D eigenvalue weighted by Crippen LogP contribution is -2.32. The molecule has 0 saturated heterocycles. The number of carbonyl (C=O) groups excluding carboxylic acids is 1. The van der Waals surface area contributed by atoms with Crippen molar-refractivity contribution in [3.8, 4) is 11.5 Å². The van der Waals surface area contributed by atoms with E-state index in [0.717, 1.165) is 16.9 Å². The van der Waals surface area contributed by atoms with Gasteiger partial charge in [-0.25, -0.2) is 0 Å². The monoisotopic (exact) mass is 347 g/mol. The Morgan fingerprint density at radius 2 is 1.67 bits per heavy atom. The molecule has 0 aliphatic carbocycles. The SMILES string of the molecule is Cc1ccc(C)c(OCCNC(=O)COc2ccc(Cl)cc2)c1C. The van der Waals surface area contributed by atoms with E-state index in [1.807, 2.05) is 19.9 Å². The number of amides is 1. The Morgan fingerprint density at radius 3 is 2.38 bits per heavy atom. The van der Waals surface area contributed by atoms with Gasteiger partial charge in [0.2, 0.25) is 0 Å². The van der Waals surface area contributed by atoms with Gasteiger partial charge in [-0.2, -0.15) is 0 Å². The molecular weight excluding hydrogens is 326 g/mol. The molecule has 1 amide bonds. The minimum absolute atomic E-state index is 0.0376. The molecular formula is C19H22ClNO3. The molecule has 0 aromatic heterocycles. The van der Waals surface area contributed by atoms with Gasteiger partial charge in [0.05, 0.1) is 6.54 Å². The highest BCUT2D eigenvalue weighted by atomic mass is 35.5. The van der Waals surface area contributed by atoms with Crippen molar-refractivity contribution in [1.82, 2.24) is 5.32 Å². The summed E-state index contributed by atoms with van der Waals surface area (Å²) in [5, 5.41) is 3.40. The molecule has 0 aliphatic heterocycles. The number of carbonyl (C=O) groups is 1. The summed E-state index contributed by atoms with van der Waals surface area (Å²) in [6.07, 6.45) is 0. The smallest absolute Gasteiger partial charge is 0.258 e. The first-order valence-corrected chi connectivity index (χ1v) is 8.20. The fraction of sp³-hybridized carbons (Fsp3) is 0.316. The first-order valence-electron chi connectivity index (χ1n) is 7.82. The molecule has 0 saturated carbocycles. The summed E-state index contributed by atoms with van der Waals surface area (Å²) in [5.74, 6) is 1.31. The van der Waals surface area contributed by atoms with Gasteiger partial charge in [-0.15, -0.1) is 0 Å². The predicted molar refractivity (Wildman–Crippen MR) is 96.1 cm³/mol. The molecule has 4 nitrogen and oxygen atoms in total. The van der Waals surface area contributed by atoms with Crippen LogP contribution in [0.3, 0.4) is 0 Å². The van der Waals surface area contributed by atoms with Crippen molar-refractivity contribution in [2.75, 3.05) is 19.8 Å². The number of benzene rings is 2. The molecule has 0 bridgehead atoms. The topological polar surface area (TPSA) is 47.6 Å². The zero-order chi connectivity index (χ0) is 17.5. The fourth-order valence-corrected chi connectivity index (χ4v) is 2.35. The Morgan fingerprint density at radius 1 is 1.00 bits per heavy atom. The van der Waals surface area contributed by atoms with Crippen molar-refractivity contribution in [3.63, 3.8) is 0 Å². The van der Waals surface area contributed by atoms with E-state index in [-0.39, 0.29) is 12.5 Å². The second-order valence-electron chi connectivity index (χ2n) is 5.59. The Balaban J connectivity index is 1.71. The summed E-state index contributed by atoms with van der Waals surface area (Å²) >= 11 is 5.79. The quantitative estimate of drug-likeness (QED) is 0.774. The highest BCUT2D eigenvalue weighted by Gasteiger charge is 2.07. The Bertz CT molecular complexity index is 699. The number of hydrogen-bond donors (Lipinski definition) is 1. The number of rotatable bonds is 7. The van der Waals surface area contributed by atoms with E-state index >= 15 is 0 Å². The number of aryl methyl sites for hydroxylation is 2. The first kappa shape index (κ1) is 18.1. The van der Waals surface area contributed by atoms with Crippen molar-refractivity contribution < 1.29 is 14.3 Å². The molecule has 0 aliphatic rings. The zero-order valence-corrected chi connectivity index (χ0v) is 14.9. The molecule has 1 N–H and O–H groups in total. The van der Waals surface area contributed by atoms with Crippen LogP contribution in [0.5, 0.6) is 11.5 Å². The van der Waals surface area contributed by atoms with Crippen LogP contribution < -0.4 is 14.8 Å². The Kier molecular flexibility index (Phi) is 6.50. The molecule has 0 atom stereocenters. The van der Waals surface area contributed by atoms with Gasteiger partial charge in [0.15, 0.2) is 6.61 Å². The second kappa shape index (κ2) is 8.60. The summed E-state index contributed by atoms with van der Waals surface area (Å²) in [6, 6.07) is 11.0. The maximum absolute atomic E-state index is 11.8. The van der Waals surface area contributed by atoms with Crippen molar-refractivity contribution in [2.24, 2.45) is 0 Å². The van der Waals surface area contributed by atoms with Gasteiger partial charge in [-0.05, 0) is 61.7 Å². The van der Waals surface area contributed by atoms with Gasteiger partial charge in [-0.3, -0.25) is 4.79 Å². The van der Waals surface area contributed by atoms with Crippen molar-refractivity contribution >= 4 is 17.5 Å². The highest BCUT2D eigenvalue weighted by Crippen LogP contribution is 2.25. The Hall–Kier alpha value is -2.20. The van der Waals surface area contributed by atoms with Crippen LogP contribution in [0.1, 0.15) is 16.7 Å². The molecule has 0 heterocycles. The van der Waals surface area contributed by atoms with E-state index < -0.39 is 0 Å². The third-order valence-electron chi connectivity index (χ3n) is 3.73. The lowest BCUT2D eigenvalue weighted by molar-refractivity contribution is -0.123. The summed E-state index contributed by atoms with van der Waals surface area (Å²) in [6.45, 7) is 6.91. The molecule has 24 heavy (non-hydrogen) atoms. The van der Waals surface area contributed by atoms with Crippen LogP contribution in [0.15, 0.2) is 36.4 Å². The van der Waals surface area contributed by atoms with Crippen LogP contribution in [0.2, 0.25) is 5.02 Å². The van der Waals surface area contributed by atoms with Crippen LogP contribution in [0, 0.1) is 20.8 Å². The summed E-state index contributed by atoms with van der Waals surface area (Å²) in [4.78, 5) is 11.8. The standard InChI is InChI=1S/C19H22ClNO3/c1-13-4-5-14(2)19(15(13)3)23-11-10-21-18(22)12-24-17-8-6-16(20)7-9-17/h4-9H,10-12H2,1-3H3,(H,21,22). The van der Waals surface area contributed by atoms with Crippen LogP contribution in [0.25, 0.3) is 0 Å². The highest BCUT2D eigenvalue weighted by molar-refractivity contribution is 6.30. The van der Waals surface area contributed by atoms with Crippen LogP contribution >= 0.6 is 11.6 Å². The minimum atomic E-state index is -0.189. The summed E-state index contributed by atoms with van der Waals surface area (Å²) in [7, 11) is 0. The molecule has 0 radical (unpaired) electrons. The summed E-state index contributed by atoms with van der Waals surface area (Å²) < 4.78 is 11.2. The molecule has 2 rings (SSSR count). The van der Waals surface area contributed by atoms with E-state index in [1.54, 1.807) is 24.3 Å². The largest absolute Gasteiger partial charge is 0.491 e. The molecule has 128 valence electrons. The van der Waals surface area contributed by atoms with Crippen LogP contribution in [-0.4, -0.2) is 25.7 Å². The van der Waals surface area contributed by atoms with Gasteiger partial charge in [0.25, 0.3) is 5.91 Å². The van der Waals surface area contributed by atoms with Gasteiger partial charge in [0.1, 0.15) is 18.1 Å². The number of halogens is 1. The van der Waals surface area contributed by atoms with Gasteiger partial charge in [0, 0.05) is 5.02 Å². The lowest BCUT2D eigenvalue weighted by Gasteiger charge is -2.14. The number of hydrogen-bond acceptors (Lipinski definition) is 3. The van der Waals surface area contributed by atoms with Crippen molar-refractivity contribution in [1.29, 1.82) is 0 Å². The van der Waals surface area contributed by atoms with Gasteiger partial charge < -0.3 is 14.8 Å². The molecule has 5 heteroatoms. The average molecular weight is 348 g/mol. The second-order valence-corrected chi connectivity index (χ2v) is 6.03. The van der Waals surface area contributed by atoms with E-state index in [1.165, 1.54) is 5.56 Å². The minimum Gasteiger partial charge on any atom is -0.491 e. The summed E-state index contributed by atoms with van der Waals surface area (Å²) in [5.41, 5.74) is 3.42. The van der Waals surface area contributed by atoms with E-state index in [2.05, 4.69) is 18.3 Å². The van der Waals surface area contributed by atoms with E-state index in [4.69, 9.17) is 21.1 Å². The van der Waals surface area contributed by atoms with Crippen LogP contribution in [0.4, 0.5) is 0 Å². The maximum atomic E-state index is 11.8. The van der Waals surface area contributed by atoms with E-state index in [0.29, 0.717) is 23.9 Å². The zero-order valence-electron chi connectivity index (χ0n) is 14.2. The van der Waals surface area contributed by atoms with Gasteiger partial charge in [-0.1, -0.05) is 23.7 Å².